The van der Waals surface area contributed by atoms with Crippen LogP contribution < -0.4 is 5.32 Å². The maximum Gasteiger partial charge on any atom is 0.168 e. The van der Waals surface area contributed by atoms with E-state index in [0.717, 1.165) is 18.4 Å². The van der Waals surface area contributed by atoms with Crippen LogP contribution in [0.15, 0.2) is 36.8 Å². The van der Waals surface area contributed by atoms with E-state index >= 15 is 0 Å². The van der Waals surface area contributed by atoms with Crippen LogP contribution in [0.5, 0.6) is 0 Å². The molecule has 2 heterocycles. The molecule has 0 bridgehead atoms. The first-order valence-corrected chi connectivity index (χ1v) is 6.97. The molecule has 0 spiro atoms. The highest BCUT2D eigenvalue weighted by atomic mass is 19.1. The Labute approximate surface area is 127 Å². The van der Waals surface area contributed by atoms with Gasteiger partial charge in [-0.15, -0.1) is 0 Å². The van der Waals surface area contributed by atoms with Crippen LogP contribution in [-0.2, 0) is 4.74 Å². The highest BCUT2D eigenvalue weighted by Crippen LogP contribution is 2.21. The number of hydrogen-bond acceptors (Lipinski definition) is 5. The Balaban J connectivity index is 1.91. The third-order valence-corrected chi connectivity index (χ3v) is 3.24. The largest absolute Gasteiger partial charge is 0.385 e. The normalized spacial score (nSPS) is 11.0. The molecule has 0 saturated heterocycles. The topological polar surface area (TPSA) is 64.9 Å². The van der Waals surface area contributed by atoms with Gasteiger partial charge in [-0.3, -0.25) is 0 Å². The summed E-state index contributed by atoms with van der Waals surface area (Å²) in [6.07, 6.45) is 4.03. The first-order chi connectivity index (χ1) is 10.8. The van der Waals surface area contributed by atoms with Gasteiger partial charge in [0.1, 0.15) is 18.0 Å². The third kappa shape index (κ3) is 2.89. The molecule has 114 valence electrons. The van der Waals surface area contributed by atoms with Crippen molar-refractivity contribution in [1.82, 2.24) is 19.7 Å². The van der Waals surface area contributed by atoms with Crippen molar-refractivity contribution in [2.75, 3.05) is 25.6 Å². The summed E-state index contributed by atoms with van der Waals surface area (Å²) in [6.45, 7) is 1.43. The minimum atomic E-state index is -0.312. The van der Waals surface area contributed by atoms with E-state index in [0.29, 0.717) is 23.8 Å². The molecular formula is C15H16FN5O. The van der Waals surface area contributed by atoms with Crippen molar-refractivity contribution in [2.45, 2.75) is 6.42 Å². The summed E-state index contributed by atoms with van der Waals surface area (Å²) in [7, 11) is 1.67. The van der Waals surface area contributed by atoms with E-state index in [1.54, 1.807) is 30.1 Å². The zero-order valence-corrected chi connectivity index (χ0v) is 12.2. The van der Waals surface area contributed by atoms with Gasteiger partial charge in [-0.2, -0.15) is 5.10 Å². The van der Waals surface area contributed by atoms with Crippen LogP contribution in [-0.4, -0.2) is 40.0 Å². The number of aromatic nitrogens is 4. The van der Waals surface area contributed by atoms with Crippen molar-refractivity contribution in [3.8, 4) is 5.69 Å². The summed E-state index contributed by atoms with van der Waals surface area (Å²) in [4.78, 5) is 8.49. The van der Waals surface area contributed by atoms with Gasteiger partial charge < -0.3 is 10.1 Å². The lowest BCUT2D eigenvalue weighted by molar-refractivity contribution is 0.198. The van der Waals surface area contributed by atoms with Gasteiger partial charge in [0.15, 0.2) is 5.65 Å². The van der Waals surface area contributed by atoms with Gasteiger partial charge in [0, 0.05) is 20.3 Å². The molecule has 6 nitrogen and oxygen atoms in total. The van der Waals surface area contributed by atoms with Gasteiger partial charge in [0.25, 0.3) is 0 Å². The minimum Gasteiger partial charge on any atom is -0.385 e. The van der Waals surface area contributed by atoms with Gasteiger partial charge in [-0.1, -0.05) is 6.07 Å². The SMILES string of the molecule is COCCCNc1ncnc2c1cnn2-c1cccc(F)c1. The van der Waals surface area contributed by atoms with Crippen LogP contribution in [0, 0.1) is 5.82 Å². The highest BCUT2D eigenvalue weighted by molar-refractivity contribution is 5.87. The molecule has 3 aromatic rings. The van der Waals surface area contributed by atoms with Crippen LogP contribution >= 0.6 is 0 Å². The summed E-state index contributed by atoms with van der Waals surface area (Å²) in [5.41, 5.74) is 1.26. The second-order valence-electron chi connectivity index (χ2n) is 4.77. The van der Waals surface area contributed by atoms with Crippen molar-refractivity contribution in [2.24, 2.45) is 0 Å². The number of rotatable bonds is 6. The number of benzene rings is 1. The number of nitrogens with one attached hydrogen (secondary N) is 1. The van der Waals surface area contributed by atoms with E-state index in [1.165, 1.54) is 18.5 Å². The number of ether oxygens (including phenoxy) is 1. The van der Waals surface area contributed by atoms with Crippen molar-refractivity contribution in [3.05, 3.63) is 42.6 Å². The zero-order valence-electron chi connectivity index (χ0n) is 12.2. The number of nitrogens with zero attached hydrogens (tertiary/aromatic N) is 4. The van der Waals surface area contributed by atoms with Gasteiger partial charge >= 0.3 is 0 Å². The maximum atomic E-state index is 13.4. The van der Waals surface area contributed by atoms with Gasteiger partial charge in [0.2, 0.25) is 0 Å². The third-order valence-electron chi connectivity index (χ3n) is 3.24. The number of halogens is 1. The van der Waals surface area contributed by atoms with Crippen LogP contribution in [0.2, 0.25) is 0 Å². The van der Waals surface area contributed by atoms with Crippen molar-refractivity contribution in [3.63, 3.8) is 0 Å². The van der Waals surface area contributed by atoms with E-state index in [4.69, 9.17) is 4.74 Å². The molecule has 1 aromatic carbocycles. The van der Waals surface area contributed by atoms with Gasteiger partial charge in [-0.25, -0.2) is 19.0 Å². The van der Waals surface area contributed by atoms with Crippen LogP contribution in [0.3, 0.4) is 0 Å². The van der Waals surface area contributed by atoms with Gasteiger partial charge in [-0.05, 0) is 24.6 Å². The van der Waals surface area contributed by atoms with Crippen LogP contribution in [0.1, 0.15) is 6.42 Å². The summed E-state index contributed by atoms with van der Waals surface area (Å²) >= 11 is 0. The van der Waals surface area contributed by atoms with Crippen molar-refractivity contribution in [1.29, 1.82) is 0 Å². The lowest BCUT2D eigenvalue weighted by atomic mass is 10.3. The molecule has 0 unspecified atom stereocenters. The molecule has 0 fully saturated rings. The van der Waals surface area contributed by atoms with Gasteiger partial charge in [0.05, 0.1) is 17.3 Å². The highest BCUT2D eigenvalue weighted by Gasteiger charge is 2.11. The average molecular weight is 301 g/mol. The predicted octanol–water partition coefficient (Wildman–Crippen LogP) is 2.40. The Hall–Kier alpha value is -2.54. The zero-order chi connectivity index (χ0) is 15.4. The van der Waals surface area contributed by atoms with Crippen molar-refractivity contribution < 1.29 is 9.13 Å². The number of methoxy groups -OCH3 is 1. The smallest absolute Gasteiger partial charge is 0.168 e. The Bertz CT molecular complexity index is 773. The van der Waals surface area contributed by atoms with E-state index in [1.807, 2.05) is 0 Å². The minimum absolute atomic E-state index is 0.312. The first kappa shape index (κ1) is 14.4. The van der Waals surface area contributed by atoms with Crippen LogP contribution in [0.25, 0.3) is 16.7 Å². The standard InChI is InChI=1S/C15H16FN5O/c1-22-7-3-6-17-14-13-9-20-21(15(13)19-10-18-14)12-5-2-4-11(16)8-12/h2,4-5,8-10H,3,6-7H2,1H3,(H,17,18,19). The molecule has 0 amide bonds. The molecule has 1 N–H and O–H groups in total. The Morgan fingerprint density at radius 2 is 2.23 bits per heavy atom. The fourth-order valence-electron chi connectivity index (χ4n) is 2.21. The fourth-order valence-corrected chi connectivity index (χ4v) is 2.21. The van der Waals surface area contributed by atoms with E-state index in [-0.39, 0.29) is 5.82 Å². The van der Waals surface area contributed by atoms with E-state index in [2.05, 4.69) is 20.4 Å². The molecule has 0 atom stereocenters. The second-order valence-corrected chi connectivity index (χ2v) is 4.77. The Morgan fingerprint density at radius 3 is 3.05 bits per heavy atom. The van der Waals surface area contributed by atoms with Crippen molar-refractivity contribution >= 4 is 16.9 Å². The number of anilines is 1. The first-order valence-electron chi connectivity index (χ1n) is 6.97. The second kappa shape index (κ2) is 6.48. The van der Waals surface area contributed by atoms with Crippen LogP contribution in [0.4, 0.5) is 10.2 Å². The molecular weight excluding hydrogens is 285 g/mol. The average Bonchev–Trinajstić information content (AvgIpc) is 2.96. The quantitative estimate of drug-likeness (QED) is 0.708. The Morgan fingerprint density at radius 1 is 1.32 bits per heavy atom. The summed E-state index contributed by atoms with van der Waals surface area (Å²) in [5.74, 6) is 0.400. The lowest BCUT2D eigenvalue weighted by Gasteiger charge is -2.06. The van der Waals surface area contributed by atoms with E-state index in [9.17, 15) is 4.39 Å². The number of fused-ring (bicyclic) bond motifs is 1. The molecule has 0 radical (unpaired) electrons. The number of hydrogen-bond donors (Lipinski definition) is 1. The molecule has 7 heteroatoms. The Kier molecular flexibility index (Phi) is 4.24. The molecule has 0 saturated carbocycles. The molecule has 0 aliphatic heterocycles. The molecule has 2 aromatic heterocycles. The molecule has 22 heavy (non-hydrogen) atoms. The maximum absolute atomic E-state index is 13.4. The lowest BCUT2D eigenvalue weighted by Crippen LogP contribution is -2.06. The molecule has 0 aliphatic carbocycles. The van der Waals surface area contributed by atoms with E-state index < -0.39 is 0 Å². The fraction of sp³-hybridized carbons (Fsp3) is 0.267. The molecule has 0 aliphatic rings. The molecule has 3 rings (SSSR count). The predicted molar refractivity (Wildman–Crippen MR) is 81.6 cm³/mol. The monoisotopic (exact) mass is 301 g/mol. The summed E-state index contributed by atoms with van der Waals surface area (Å²) in [5, 5.41) is 8.33. The summed E-state index contributed by atoms with van der Waals surface area (Å²) < 4.78 is 20.0. The summed E-state index contributed by atoms with van der Waals surface area (Å²) in [6, 6.07) is 6.24.